The van der Waals surface area contributed by atoms with Crippen molar-refractivity contribution in [1.82, 2.24) is 0 Å². The van der Waals surface area contributed by atoms with Gasteiger partial charge in [-0.15, -0.1) is 16.7 Å². The standard InChI is InChI=1S/C3H2N4/c1-2-3-4-6-7-5-3/h1,3H. The van der Waals surface area contributed by atoms with Crippen LogP contribution in [-0.2, 0) is 0 Å². The van der Waals surface area contributed by atoms with Gasteiger partial charge in [0.05, 0.1) is 0 Å². The van der Waals surface area contributed by atoms with Crippen LogP contribution < -0.4 is 0 Å². The summed E-state index contributed by atoms with van der Waals surface area (Å²) in [6.45, 7) is 0. The summed E-state index contributed by atoms with van der Waals surface area (Å²) in [5.74, 6) is 2.24. The van der Waals surface area contributed by atoms with Crippen molar-refractivity contribution in [3.63, 3.8) is 0 Å². The second kappa shape index (κ2) is 1.47. The summed E-state index contributed by atoms with van der Waals surface area (Å²) in [6, 6.07) is 0. The van der Waals surface area contributed by atoms with E-state index in [2.05, 4.69) is 26.6 Å². The van der Waals surface area contributed by atoms with Crippen LogP contribution in [0, 0.1) is 12.3 Å². The van der Waals surface area contributed by atoms with E-state index in [9.17, 15) is 0 Å². The van der Waals surface area contributed by atoms with E-state index >= 15 is 0 Å². The summed E-state index contributed by atoms with van der Waals surface area (Å²) in [7, 11) is 0. The van der Waals surface area contributed by atoms with Crippen LogP contribution in [0.15, 0.2) is 20.7 Å². The van der Waals surface area contributed by atoms with E-state index < -0.39 is 6.17 Å². The van der Waals surface area contributed by atoms with Crippen molar-refractivity contribution < 1.29 is 0 Å². The Kier molecular flexibility index (Phi) is 0.828. The van der Waals surface area contributed by atoms with Gasteiger partial charge in [-0.3, -0.25) is 0 Å². The Bertz CT molecular complexity index is 139. The highest BCUT2D eigenvalue weighted by atomic mass is 15.5. The topological polar surface area (TPSA) is 49.4 Å². The molecular weight excluding hydrogens is 92.1 g/mol. The van der Waals surface area contributed by atoms with Gasteiger partial charge in [-0.05, 0) is 10.4 Å². The first-order chi connectivity index (χ1) is 3.43. The fourth-order valence-corrected chi connectivity index (χ4v) is 0.234. The molecule has 1 rings (SSSR count). The molecule has 0 aromatic heterocycles. The molecular formula is C3H2N4. The lowest BCUT2D eigenvalue weighted by atomic mass is 10.6. The van der Waals surface area contributed by atoms with Gasteiger partial charge in [0.1, 0.15) is 0 Å². The molecule has 0 atom stereocenters. The zero-order valence-corrected chi connectivity index (χ0v) is 3.44. The number of hydrogen-bond acceptors (Lipinski definition) is 4. The molecule has 4 nitrogen and oxygen atoms in total. The molecule has 0 radical (unpaired) electrons. The molecule has 0 fully saturated rings. The van der Waals surface area contributed by atoms with Gasteiger partial charge in [-0.2, -0.15) is 0 Å². The molecule has 0 amide bonds. The Morgan fingerprint density at radius 2 is 1.86 bits per heavy atom. The Hall–Kier alpha value is -1.24. The molecule has 0 bridgehead atoms. The van der Waals surface area contributed by atoms with Crippen molar-refractivity contribution in [2.75, 3.05) is 0 Å². The molecule has 0 spiro atoms. The Labute approximate surface area is 40.3 Å². The van der Waals surface area contributed by atoms with E-state index in [1.807, 2.05) is 0 Å². The maximum Gasteiger partial charge on any atom is 0.244 e. The summed E-state index contributed by atoms with van der Waals surface area (Å²) < 4.78 is 0. The lowest BCUT2D eigenvalue weighted by molar-refractivity contribution is 0.892. The monoisotopic (exact) mass is 94.0 g/mol. The Morgan fingerprint density at radius 1 is 1.29 bits per heavy atom. The molecule has 0 saturated carbocycles. The molecule has 0 aromatic carbocycles. The Morgan fingerprint density at radius 3 is 2.14 bits per heavy atom. The first-order valence-corrected chi connectivity index (χ1v) is 1.69. The largest absolute Gasteiger partial charge is 0.244 e. The fourth-order valence-electron chi connectivity index (χ4n) is 0.234. The van der Waals surface area contributed by atoms with Crippen LogP contribution in [0.25, 0.3) is 0 Å². The van der Waals surface area contributed by atoms with Crippen molar-refractivity contribution in [2.24, 2.45) is 20.7 Å². The lowest BCUT2D eigenvalue weighted by Gasteiger charge is -1.77. The smallest absolute Gasteiger partial charge is 0.124 e. The summed E-state index contributed by atoms with van der Waals surface area (Å²) in [4.78, 5) is 0. The predicted octanol–water partition coefficient (Wildman–Crippen LogP) is 0.779. The highest BCUT2D eigenvalue weighted by Crippen LogP contribution is 2.00. The molecule has 0 unspecified atom stereocenters. The van der Waals surface area contributed by atoms with E-state index in [1.54, 1.807) is 0 Å². The van der Waals surface area contributed by atoms with Crippen LogP contribution in [0.5, 0.6) is 0 Å². The van der Waals surface area contributed by atoms with Crippen molar-refractivity contribution in [3.05, 3.63) is 0 Å². The van der Waals surface area contributed by atoms with Gasteiger partial charge in [0.15, 0.2) is 0 Å². The van der Waals surface area contributed by atoms with Crippen LogP contribution in [0.1, 0.15) is 0 Å². The first-order valence-electron chi connectivity index (χ1n) is 1.69. The molecule has 4 heteroatoms. The van der Waals surface area contributed by atoms with Crippen molar-refractivity contribution >= 4 is 0 Å². The van der Waals surface area contributed by atoms with E-state index in [-0.39, 0.29) is 0 Å². The highest BCUT2D eigenvalue weighted by Gasteiger charge is 2.00. The maximum atomic E-state index is 4.88. The quantitative estimate of drug-likeness (QED) is 0.398. The third kappa shape index (κ3) is 0.602. The average molecular weight is 94.1 g/mol. The number of terminal acetylenes is 1. The van der Waals surface area contributed by atoms with Gasteiger partial charge in [-0.25, -0.2) is 0 Å². The SMILES string of the molecule is C#CC1N=NN=N1. The van der Waals surface area contributed by atoms with E-state index in [1.165, 1.54) is 0 Å². The van der Waals surface area contributed by atoms with Gasteiger partial charge >= 0.3 is 0 Å². The minimum absolute atomic E-state index is 0.458. The van der Waals surface area contributed by atoms with Crippen LogP contribution in [0.4, 0.5) is 0 Å². The second-order valence-corrected chi connectivity index (χ2v) is 0.950. The molecule has 0 aliphatic carbocycles. The van der Waals surface area contributed by atoms with Crippen molar-refractivity contribution in [2.45, 2.75) is 6.17 Å². The molecule has 1 aliphatic heterocycles. The van der Waals surface area contributed by atoms with Gasteiger partial charge < -0.3 is 0 Å². The minimum Gasteiger partial charge on any atom is -0.124 e. The molecule has 0 saturated heterocycles. The van der Waals surface area contributed by atoms with Gasteiger partial charge in [0.2, 0.25) is 6.17 Å². The predicted molar refractivity (Wildman–Crippen MR) is 22.3 cm³/mol. The third-order valence-corrected chi connectivity index (χ3v) is 0.511. The number of nitrogens with zero attached hydrogens (tertiary/aromatic N) is 4. The van der Waals surface area contributed by atoms with Crippen LogP contribution in [0.2, 0.25) is 0 Å². The van der Waals surface area contributed by atoms with Gasteiger partial charge in [0.25, 0.3) is 0 Å². The zero-order chi connectivity index (χ0) is 5.11. The van der Waals surface area contributed by atoms with Crippen LogP contribution in [-0.4, -0.2) is 6.17 Å². The van der Waals surface area contributed by atoms with E-state index in [0.717, 1.165) is 0 Å². The molecule has 0 N–H and O–H groups in total. The molecule has 34 valence electrons. The molecule has 7 heavy (non-hydrogen) atoms. The summed E-state index contributed by atoms with van der Waals surface area (Å²) in [5, 5.41) is 13.2. The van der Waals surface area contributed by atoms with Crippen molar-refractivity contribution in [1.29, 1.82) is 0 Å². The molecule has 0 aromatic rings. The average Bonchev–Trinajstić information content (AvgIpc) is 2.14. The maximum absolute atomic E-state index is 4.88. The lowest BCUT2D eigenvalue weighted by Crippen LogP contribution is -1.86. The third-order valence-electron chi connectivity index (χ3n) is 0.511. The minimum atomic E-state index is -0.458. The van der Waals surface area contributed by atoms with Gasteiger partial charge in [0, 0.05) is 0 Å². The van der Waals surface area contributed by atoms with Crippen LogP contribution in [0.3, 0.4) is 0 Å². The first kappa shape index (κ1) is 3.93. The summed E-state index contributed by atoms with van der Waals surface area (Å²) >= 11 is 0. The van der Waals surface area contributed by atoms with Crippen molar-refractivity contribution in [3.8, 4) is 12.3 Å². The van der Waals surface area contributed by atoms with Gasteiger partial charge in [-0.1, -0.05) is 5.92 Å². The zero-order valence-electron chi connectivity index (χ0n) is 3.44. The van der Waals surface area contributed by atoms with E-state index in [4.69, 9.17) is 6.42 Å². The van der Waals surface area contributed by atoms with E-state index in [0.29, 0.717) is 0 Å². The number of rotatable bonds is 0. The normalized spacial score (nSPS) is 17.6. The fraction of sp³-hybridized carbons (Fsp3) is 0.333. The molecule has 1 heterocycles. The van der Waals surface area contributed by atoms with Crippen LogP contribution >= 0.6 is 0 Å². The molecule has 1 aliphatic rings. The highest BCUT2D eigenvalue weighted by molar-refractivity contribution is 4.96. The number of hydrogen-bond donors (Lipinski definition) is 0. The second-order valence-electron chi connectivity index (χ2n) is 0.950. The summed E-state index contributed by atoms with van der Waals surface area (Å²) in [5.41, 5.74) is 0. The summed E-state index contributed by atoms with van der Waals surface area (Å²) in [6.07, 6.45) is 4.42. The Balaban J connectivity index is 2.65.